The lowest BCUT2D eigenvalue weighted by molar-refractivity contribution is -0.121. The Morgan fingerprint density at radius 1 is 1.26 bits per heavy atom. The molecule has 2 aliphatic rings. The van der Waals surface area contributed by atoms with E-state index in [4.69, 9.17) is 10.5 Å². The van der Waals surface area contributed by atoms with Gasteiger partial charge in [-0.15, -0.1) is 0 Å². The van der Waals surface area contributed by atoms with Gasteiger partial charge < -0.3 is 21.1 Å². The molecule has 1 atom stereocenters. The van der Waals surface area contributed by atoms with Crippen LogP contribution < -0.4 is 21.1 Å². The number of hydrogen-bond acceptors (Lipinski definition) is 7. The van der Waals surface area contributed by atoms with Crippen LogP contribution in [-0.4, -0.2) is 87.9 Å². The molecule has 195 valence electrons. The van der Waals surface area contributed by atoms with Crippen LogP contribution in [0.15, 0.2) is 27.6 Å². The van der Waals surface area contributed by atoms with E-state index >= 15 is 0 Å². The Morgan fingerprint density at radius 3 is 2.57 bits per heavy atom. The Balaban J connectivity index is 1.44. The minimum Gasteiger partial charge on any atom is -0.489 e. The predicted molar refractivity (Wildman–Crippen MR) is 136 cm³/mol. The summed E-state index contributed by atoms with van der Waals surface area (Å²) in [5, 5.41) is 6.09. The zero-order valence-electron chi connectivity index (χ0n) is 20.0. The lowest BCUT2D eigenvalue weighted by Gasteiger charge is -2.34. The zero-order valence-corrected chi connectivity index (χ0v) is 22.4. The van der Waals surface area contributed by atoms with Gasteiger partial charge in [-0.3, -0.25) is 14.5 Å². The van der Waals surface area contributed by atoms with E-state index in [9.17, 15) is 18.0 Å². The summed E-state index contributed by atoms with van der Waals surface area (Å²) in [6.07, 6.45) is 3.71. The molecule has 3 rings (SSSR count). The minimum absolute atomic E-state index is 0.129. The number of nitrogens with one attached hydrogen (secondary N) is 2. The molecule has 2 fully saturated rings. The highest BCUT2D eigenvalue weighted by molar-refractivity contribution is 9.10. The average Bonchev–Trinajstić information content (AvgIpc) is 2.84. The molecule has 0 bridgehead atoms. The molecule has 2 saturated heterocycles. The van der Waals surface area contributed by atoms with Crippen molar-refractivity contribution in [1.82, 2.24) is 19.8 Å². The maximum absolute atomic E-state index is 13.2. The molecule has 2 amide bonds. The van der Waals surface area contributed by atoms with Gasteiger partial charge in [0.15, 0.2) is 0 Å². The van der Waals surface area contributed by atoms with E-state index in [1.165, 1.54) is 10.7 Å². The van der Waals surface area contributed by atoms with Crippen LogP contribution in [0.4, 0.5) is 0 Å². The summed E-state index contributed by atoms with van der Waals surface area (Å²) in [5.74, 6) is -0.396. The molecule has 35 heavy (non-hydrogen) atoms. The fourth-order valence-electron chi connectivity index (χ4n) is 3.98. The topological polar surface area (TPSA) is 134 Å². The standard InChI is InChI=1S/C23H35BrN5O5S/c1-17(23(25)31)2-5-22(30)27-10-11-28-12-14-29(15-13-28)35(32,33)19-3-4-21(20(24)16-19)34-18-6-8-26-9-7-18/h3-5,16-18,26H,2,6-15H2,1H3,(H2,25,31)(H,27,30)/t17-/m0/s1. The summed E-state index contributed by atoms with van der Waals surface area (Å²) < 4.78 is 34.5. The van der Waals surface area contributed by atoms with Crippen LogP contribution in [-0.2, 0) is 19.6 Å². The molecule has 2 aliphatic heterocycles. The summed E-state index contributed by atoms with van der Waals surface area (Å²) in [6, 6.07) is 4.94. The molecule has 12 heteroatoms. The molecule has 0 aromatic heterocycles. The van der Waals surface area contributed by atoms with Crippen molar-refractivity contribution in [2.75, 3.05) is 52.4 Å². The first-order valence-corrected chi connectivity index (χ1v) is 14.2. The van der Waals surface area contributed by atoms with Gasteiger partial charge in [-0.2, -0.15) is 4.31 Å². The first kappa shape index (κ1) is 27.9. The fourth-order valence-corrected chi connectivity index (χ4v) is 6.06. The second kappa shape index (κ2) is 13.0. The molecular weight excluding hydrogens is 538 g/mol. The maximum Gasteiger partial charge on any atom is 0.243 e. The Kier molecular flexibility index (Phi) is 10.3. The smallest absolute Gasteiger partial charge is 0.243 e. The fraction of sp³-hybridized carbons (Fsp3) is 0.609. The number of nitrogens with two attached hydrogens (primary N) is 1. The van der Waals surface area contributed by atoms with E-state index in [0.717, 1.165) is 25.9 Å². The maximum atomic E-state index is 13.2. The van der Waals surface area contributed by atoms with Gasteiger partial charge >= 0.3 is 0 Å². The number of sulfonamides is 1. The highest BCUT2D eigenvalue weighted by atomic mass is 79.9. The number of hydrogen-bond donors (Lipinski definition) is 3. The van der Waals surface area contributed by atoms with Crippen molar-refractivity contribution in [2.24, 2.45) is 11.7 Å². The van der Waals surface area contributed by atoms with Crippen LogP contribution in [0.2, 0.25) is 0 Å². The van der Waals surface area contributed by atoms with Gasteiger partial charge in [0.05, 0.1) is 15.8 Å². The van der Waals surface area contributed by atoms with Crippen LogP contribution in [0.5, 0.6) is 5.75 Å². The first-order chi connectivity index (χ1) is 16.7. The highest BCUT2D eigenvalue weighted by Crippen LogP contribution is 2.31. The van der Waals surface area contributed by atoms with Crippen molar-refractivity contribution in [3.05, 3.63) is 29.1 Å². The van der Waals surface area contributed by atoms with Crippen LogP contribution in [0.1, 0.15) is 26.2 Å². The summed E-state index contributed by atoms with van der Waals surface area (Å²) in [5.41, 5.74) is 5.19. The molecule has 0 spiro atoms. The molecule has 4 N–H and O–H groups in total. The van der Waals surface area contributed by atoms with Gasteiger partial charge in [0.2, 0.25) is 21.8 Å². The number of carbonyl (C=O) groups excluding carboxylic acids is 2. The number of benzene rings is 1. The van der Waals surface area contributed by atoms with Gasteiger partial charge in [0.25, 0.3) is 0 Å². The number of nitrogens with zero attached hydrogens (tertiary/aromatic N) is 2. The summed E-state index contributed by atoms with van der Waals surface area (Å²) in [6.45, 7) is 6.49. The monoisotopic (exact) mass is 572 g/mol. The lowest BCUT2D eigenvalue weighted by atomic mass is 10.1. The SMILES string of the molecule is C[C@@H](C[CH]C(=O)NCCN1CCN(S(=O)(=O)c2ccc(OC3CCNCC3)c(Br)c2)CC1)C(N)=O. The van der Waals surface area contributed by atoms with Gasteiger partial charge in [0, 0.05) is 45.2 Å². The van der Waals surface area contributed by atoms with Crippen molar-refractivity contribution in [1.29, 1.82) is 0 Å². The molecule has 1 aromatic rings. The third kappa shape index (κ3) is 8.14. The van der Waals surface area contributed by atoms with Crippen LogP contribution in [0, 0.1) is 12.3 Å². The van der Waals surface area contributed by atoms with Crippen molar-refractivity contribution < 1.29 is 22.7 Å². The van der Waals surface area contributed by atoms with Crippen LogP contribution in [0.3, 0.4) is 0 Å². The second-order valence-electron chi connectivity index (χ2n) is 8.94. The third-order valence-electron chi connectivity index (χ3n) is 6.32. The number of carbonyl (C=O) groups is 2. The molecule has 1 aromatic carbocycles. The van der Waals surface area contributed by atoms with Gasteiger partial charge in [-0.1, -0.05) is 6.92 Å². The number of ether oxygens (including phenoxy) is 1. The van der Waals surface area contributed by atoms with E-state index in [1.807, 2.05) is 0 Å². The average molecular weight is 574 g/mol. The largest absolute Gasteiger partial charge is 0.489 e. The van der Waals surface area contributed by atoms with E-state index in [2.05, 4.69) is 31.5 Å². The lowest BCUT2D eigenvalue weighted by Crippen LogP contribution is -2.50. The van der Waals surface area contributed by atoms with Gasteiger partial charge in [-0.25, -0.2) is 8.42 Å². The number of halogens is 1. The molecule has 0 saturated carbocycles. The normalized spacial score (nSPS) is 19.3. The van der Waals surface area contributed by atoms with Crippen molar-refractivity contribution in [3.8, 4) is 5.75 Å². The molecule has 1 radical (unpaired) electrons. The number of primary amides is 1. The Hall–Kier alpha value is -1.73. The Morgan fingerprint density at radius 2 is 1.94 bits per heavy atom. The molecule has 2 heterocycles. The van der Waals surface area contributed by atoms with Gasteiger partial charge in [0.1, 0.15) is 11.9 Å². The number of piperazine rings is 1. The van der Waals surface area contributed by atoms with Crippen molar-refractivity contribution in [2.45, 2.75) is 37.2 Å². The van der Waals surface area contributed by atoms with Crippen molar-refractivity contribution in [3.63, 3.8) is 0 Å². The number of rotatable bonds is 11. The summed E-state index contributed by atoms with van der Waals surface area (Å²) in [7, 11) is -3.62. The van der Waals surface area contributed by atoms with E-state index < -0.39 is 15.9 Å². The molecule has 0 unspecified atom stereocenters. The highest BCUT2D eigenvalue weighted by Gasteiger charge is 2.29. The van der Waals surface area contributed by atoms with Crippen LogP contribution >= 0.6 is 15.9 Å². The number of piperidine rings is 1. The minimum atomic E-state index is -3.62. The second-order valence-corrected chi connectivity index (χ2v) is 11.7. The zero-order chi connectivity index (χ0) is 25.4. The summed E-state index contributed by atoms with van der Waals surface area (Å²) in [4.78, 5) is 25.3. The first-order valence-electron chi connectivity index (χ1n) is 12.0. The van der Waals surface area contributed by atoms with E-state index in [0.29, 0.717) is 55.9 Å². The quantitative estimate of drug-likeness (QED) is 0.355. The molecule has 10 nitrogen and oxygen atoms in total. The van der Waals surface area contributed by atoms with Crippen molar-refractivity contribution >= 4 is 37.8 Å². The Labute approximate surface area is 216 Å². The summed E-state index contributed by atoms with van der Waals surface area (Å²) >= 11 is 3.47. The molecular formula is C23H35BrN5O5S. The van der Waals surface area contributed by atoms with E-state index in [1.54, 1.807) is 25.1 Å². The molecule has 0 aliphatic carbocycles. The Bertz CT molecular complexity index is 979. The predicted octanol–water partition coefficient (Wildman–Crippen LogP) is 0.718. The van der Waals surface area contributed by atoms with Gasteiger partial charge in [-0.05, 0) is 66.5 Å². The van der Waals surface area contributed by atoms with Crippen LogP contribution in [0.25, 0.3) is 0 Å². The number of amides is 2. The van der Waals surface area contributed by atoms with E-state index in [-0.39, 0.29) is 22.8 Å². The third-order valence-corrected chi connectivity index (χ3v) is 8.84.